The number of hydrogen-bond donors (Lipinski definition) is 0. The van der Waals surface area contributed by atoms with Crippen molar-refractivity contribution in [1.29, 1.82) is 0 Å². The summed E-state index contributed by atoms with van der Waals surface area (Å²) >= 11 is 15.1. The molecular formula is C11H13Br2ClS. The average Bonchev–Trinajstić information content (AvgIpc) is 2.75. The zero-order valence-corrected chi connectivity index (χ0v) is 13.3. The van der Waals surface area contributed by atoms with Crippen LogP contribution in [0.15, 0.2) is 10.5 Å². The Hall–Kier alpha value is 0.950. The molecule has 1 aliphatic rings. The zero-order valence-electron chi connectivity index (χ0n) is 8.53. The van der Waals surface area contributed by atoms with E-state index in [0.717, 1.165) is 8.81 Å². The van der Waals surface area contributed by atoms with Gasteiger partial charge in [0.1, 0.15) is 4.34 Å². The van der Waals surface area contributed by atoms with Gasteiger partial charge < -0.3 is 0 Å². The van der Waals surface area contributed by atoms with Crippen LogP contribution >= 0.6 is 54.8 Å². The summed E-state index contributed by atoms with van der Waals surface area (Å²) in [6.45, 7) is 2.38. The maximum Gasteiger partial charge on any atom is 0.107 e. The van der Waals surface area contributed by atoms with Crippen LogP contribution in [-0.2, 0) is 0 Å². The fourth-order valence-corrected chi connectivity index (χ4v) is 5.03. The molecule has 15 heavy (non-hydrogen) atoms. The standard InChI is InChI=1S/C11H13Br2ClS/c1-11(4-2-3-5-11)9(13)8-6-7(12)10(14)15-8/h6,9H,2-5H2,1H3. The molecule has 1 atom stereocenters. The Kier molecular flexibility index (Phi) is 3.87. The molecule has 1 heterocycles. The Morgan fingerprint density at radius 2 is 2.07 bits per heavy atom. The lowest BCUT2D eigenvalue weighted by Gasteiger charge is -2.28. The van der Waals surface area contributed by atoms with E-state index in [2.05, 4.69) is 44.8 Å². The second kappa shape index (κ2) is 4.67. The maximum atomic E-state index is 6.08. The van der Waals surface area contributed by atoms with Crippen LogP contribution < -0.4 is 0 Å². The minimum Gasteiger partial charge on any atom is -0.126 e. The molecule has 1 fully saturated rings. The van der Waals surface area contributed by atoms with E-state index in [-0.39, 0.29) is 0 Å². The van der Waals surface area contributed by atoms with E-state index in [0.29, 0.717) is 10.2 Å². The number of rotatable bonds is 2. The largest absolute Gasteiger partial charge is 0.126 e. The topological polar surface area (TPSA) is 0 Å². The summed E-state index contributed by atoms with van der Waals surface area (Å²) in [7, 11) is 0. The first-order valence-electron chi connectivity index (χ1n) is 5.12. The van der Waals surface area contributed by atoms with Crippen LogP contribution in [0.3, 0.4) is 0 Å². The molecule has 0 N–H and O–H groups in total. The Labute approximate surface area is 117 Å². The lowest BCUT2D eigenvalue weighted by atomic mass is 9.84. The Morgan fingerprint density at radius 3 is 2.53 bits per heavy atom. The van der Waals surface area contributed by atoms with Gasteiger partial charge >= 0.3 is 0 Å². The second-order valence-corrected chi connectivity index (χ2v) is 7.95. The molecule has 4 heteroatoms. The molecule has 1 aromatic rings. The highest BCUT2D eigenvalue weighted by Crippen LogP contribution is 2.54. The van der Waals surface area contributed by atoms with E-state index in [9.17, 15) is 0 Å². The van der Waals surface area contributed by atoms with Crippen molar-refractivity contribution in [3.8, 4) is 0 Å². The van der Waals surface area contributed by atoms with Crippen LogP contribution in [0, 0.1) is 5.41 Å². The van der Waals surface area contributed by atoms with Gasteiger partial charge in [-0.05, 0) is 40.3 Å². The third-order valence-corrected chi connectivity index (χ3v) is 7.71. The van der Waals surface area contributed by atoms with Crippen LogP contribution in [0.1, 0.15) is 42.3 Å². The fraction of sp³-hybridized carbons (Fsp3) is 0.636. The Balaban J connectivity index is 2.23. The monoisotopic (exact) mass is 370 g/mol. The molecule has 2 rings (SSSR count). The molecule has 0 saturated heterocycles. The van der Waals surface area contributed by atoms with Gasteiger partial charge in [0.2, 0.25) is 0 Å². The minimum atomic E-state index is 0.410. The summed E-state index contributed by atoms with van der Waals surface area (Å²) in [6, 6.07) is 2.15. The van der Waals surface area contributed by atoms with E-state index < -0.39 is 0 Å². The lowest BCUT2D eigenvalue weighted by Crippen LogP contribution is -2.16. The molecule has 1 aliphatic carbocycles. The van der Waals surface area contributed by atoms with E-state index >= 15 is 0 Å². The van der Waals surface area contributed by atoms with Gasteiger partial charge in [-0.2, -0.15) is 0 Å². The smallest absolute Gasteiger partial charge is 0.107 e. The molecule has 0 aliphatic heterocycles. The van der Waals surface area contributed by atoms with Gasteiger partial charge in [0.15, 0.2) is 0 Å². The number of hydrogen-bond acceptors (Lipinski definition) is 1. The zero-order chi connectivity index (χ0) is 11.1. The summed E-state index contributed by atoms with van der Waals surface area (Å²) in [6.07, 6.45) is 5.35. The summed E-state index contributed by atoms with van der Waals surface area (Å²) in [5, 5.41) is 0. The van der Waals surface area contributed by atoms with Crippen LogP contribution in [0.4, 0.5) is 0 Å². The van der Waals surface area contributed by atoms with Gasteiger partial charge in [0.05, 0.1) is 4.83 Å². The Bertz CT molecular complexity index is 336. The number of thiophene rings is 1. The molecule has 1 aromatic heterocycles. The van der Waals surface area contributed by atoms with Crippen molar-refractivity contribution in [2.24, 2.45) is 5.41 Å². The minimum absolute atomic E-state index is 0.410. The van der Waals surface area contributed by atoms with Gasteiger partial charge in [-0.3, -0.25) is 0 Å². The van der Waals surface area contributed by atoms with E-state index in [1.54, 1.807) is 11.3 Å². The third-order valence-electron chi connectivity index (χ3n) is 3.27. The molecular weight excluding hydrogens is 359 g/mol. The molecule has 1 unspecified atom stereocenters. The van der Waals surface area contributed by atoms with E-state index in [1.165, 1.54) is 30.6 Å². The predicted molar refractivity (Wildman–Crippen MR) is 75.3 cm³/mol. The molecule has 0 nitrogen and oxygen atoms in total. The van der Waals surface area contributed by atoms with Crippen LogP contribution in [-0.4, -0.2) is 0 Å². The van der Waals surface area contributed by atoms with E-state index in [1.807, 2.05) is 0 Å². The van der Waals surface area contributed by atoms with Crippen molar-refractivity contribution in [1.82, 2.24) is 0 Å². The quantitative estimate of drug-likeness (QED) is 0.544. The average molecular weight is 373 g/mol. The van der Waals surface area contributed by atoms with Gasteiger partial charge in [-0.25, -0.2) is 0 Å². The lowest BCUT2D eigenvalue weighted by molar-refractivity contribution is 0.334. The van der Waals surface area contributed by atoms with E-state index in [4.69, 9.17) is 11.6 Å². The molecule has 0 radical (unpaired) electrons. The highest BCUT2D eigenvalue weighted by atomic mass is 79.9. The molecule has 1 saturated carbocycles. The highest BCUT2D eigenvalue weighted by Gasteiger charge is 2.37. The third kappa shape index (κ3) is 2.46. The van der Waals surface area contributed by atoms with Crippen molar-refractivity contribution < 1.29 is 0 Å². The highest BCUT2D eigenvalue weighted by molar-refractivity contribution is 9.10. The summed E-state index contributed by atoms with van der Waals surface area (Å²) in [5.74, 6) is 0. The fourth-order valence-electron chi connectivity index (χ4n) is 2.27. The molecule has 0 bridgehead atoms. The van der Waals surface area contributed by atoms with Gasteiger partial charge in [-0.1, -0.05) is 47.3 Å². The number of alkyl halides is 1. The van der Waals surface area contributed by atoms with Crippen molar-refractivity contribution in [2.75, 3.05) is 0 Å². The normalized spacial score (nSPS) is 21.9. The summed E-state index contributed by atoms with van der Waals surface area (Å²) in [5.41, 5.74) is 0.410. The van der Waals surface area contributed by atoms with Crippen molar-refractivity contribution >= 4 is 54.8 Å². The van der Waals surface area contributed by atoms with Crippen molar-refractivity contribution in [2.45, 2.75) is 37.4 Å². The first-order chi connectivity index (χ1) is 7.03. The molecule has 0 spiro atoms. The van der Waals surface area contributed by atoms with Gasteiger partial charge in [0, 0.05) is 9.35 Å². The van der Waals surface area contributed by atoms with Gasteiger partial charge in [0.25, 0.3) is 0 Å². The van der Waals surface area contributed by atoms with Crippen LogP contribution in [0.25, 0.3) is 0 Å². The Morgan fingerprint density at radius 1 is 1.47 bits per heavy atom. The second-order valence-electron chi connectivity index (χ2n) is 4.49. The number of halogens is 3. The molecule has 84 valence electrons. The van der Waals surface area contributed by atoms with Crippen LogP contribution in [0.2, 0.25) is 4.34 Å². The summed E-state index contributed by atoms with van der Waals surface area (Å²) in [4.78, 5) is 1.79. The molecule has 0 aromatic carbocycles. The molecule has 0 amide bonds. The van der Waals surface area contributed by atoms with Gasteiger partial charge in [-0.15, -0.1) is 11.3 Å². The maximum absolute atomic E-state index is 6.08. The first kappa shape index (κ1) is 12.4. The predicted octanol–water partition coefficient (Wildman–Crippen LogP) is 6.18. The van der Waals surface area contributed by atoms with Crippen molar-refractivity contribution in [3.63, 3.8) is 0 Å². The summed E-state index contributed by atoms with van der Waals surface area (Å²) < 4.78 is 1.88. The van der Waals surface area contributed by atoms with Crippen molar-refractivity contribution in [3.05, 3.63) is 19.8 Å². The first-order valence-corrected chi connectivity index (χ1v) is 8.02. The van der Waals surface area contributed by atoms with Crippen LogP contribution in [0.5, 0.6) is 0 Å². The SMILES string of the molecule is CC1(C(Br)c2cc(Br)c(Cl)s2)CCCC1.